The van der Waals surface area contributed by atoms with Crippen LogP contribution < -0.4 is 5.32 Å². The molecule has 3 heterocycles. The van der Waals surface area contributed by atoms with Crippen molar-refractivity contribution in [3.05, 3.63) is 48.7 Å². The fourth-order valence-corrected chi connectivity index (χ4v) is 9.36. The number of carbonyl (C=O) groups is 2. The van der Waals surface area contributed by atoms with Gasteiger partial charge in [-0.3, -0.25) is 9.59 Å². The van der Waals surface area contributed by atoms with Crippen LogP contribution in [0.2, 0.25) is 0 Å². The lowest BCUT2D eigenvalue weighted by molar-refractivity contribution is -0.315. The van der Waals surface area contributed by atoms with Gasteiger partial charge in [-0.25, -0.2) is 0 Å². The third-order valence-corrected chi connectivity index (χ3v) is 13.0. The van der Waals surface area contributed by atoms with Crippen LogP contribution in [-0.2, 0) is 38.1 Å². The van der Waals surface area contributed by atoms with Crippen molar-refractivity contribution in [2.24, 2.45) is 28.8 Å². The molecule has 15 nitrogen and oxygen atoms in total. The number of amides is 1. The van der Waals surface area contributed by atoms with E-state index in [-0.39, 0.29) is 37.4 Å². The standard InChI is InChI=1S/C45H73N3O12/c1-14-34-30(8)48(41(51)32-19-17-16-18-20-32)24-26(4)36(47-55-15-2)25(3)22-44(10,53)40(60-43-37(49)33(46-12)21-27(5)56-43)28(6)38(29(7)42(52)58-34)59-35-23-45(11,54-13)39(50)31(9)57-35/h15-20,25-31,33-35,37-40,43,46,49-50,53H,2,14,21-24H2,1,3-13H3/b47-36+/t25-,26?,27-,28+,29-,30?,31+,33+,34?,35+,37-,38?,39+,40-,43+,44+,45-/m1/s1. The number of aliphatic hydroxyl groups excluding tert-OH is 2. The number of benzene rings is 1. The average Bonchev–Trinajstić information content (AvgIpc) is 3.21. The summed E-state index contributed by atoms with van der Waals surface area (Å²) in [5.41, 5.74) is -1.71. The van der Waals surface area contributed by atoms with Crippen LogP contribution in [0.5, 0.6) is 0 Å². The first kappa shape index (κ1) is 49.7. The number of nitrogens with one attached hydrogen (secondary N) is 1. The van der Waals surface area contributed by atoms with Gasteiger partial charge in [0, 0.05) is 49.4 Å². The zero-order valence-electron chi connectivity index (χ0n) is 37.8. The molecule has 17 atom stereocenters. The van der Waals surface area contributed by atoms with E-state index in [1.807, 2.05) is 47.6 Å². The molecule has 0 saturated carbocycles. The van der Waals surface area contributed by atoms with E-state index in [0.29, 0.717) is 24.1 Å². The molecule has 0 radical (unpaired) electrons. The van der Waals surface area contributed by atoms with Crippen LogP contribution in [0.15, 0.2) is 48.3 Å². The topological polar surface area (TPSA) is 187 Å². The molecule has 1 aromatic carbocycles. The Bertz CT molecular complexity index is 1580. The molecule has 4 unspecified atom stereocenters. The van der Waals surface area contributed by atoms with Crippen molar-refractivity contribution < 1.29 is 58.2 Å². The zero-order valence-corrected chi connectivity index (χ0v) is 37.8. The van der Waals surface area contributed by atoms with Gasteiger partial charge in [0.15, 0.2) is 12.6 Å². The van der Waals surface area contributed by atoms with Crippen molar-refractivity contribution >= 4 is 17.6 Å². The lowest BCUT2D eigenvalue weighted by Gasteiger charge is -2.48. The van der Waals surface area contributed by atoms with E-state index >= 15 is 0 Å². The first-order chi connectivity index (χ1) is 28.2. The van der Waals surface area contributed by atoms with Crippen LogP contribution in [-0.4, -0.2) is 137 Å². The highest BCUT2D eigenvalue weighted by atomic mass is 16.7. The van der Waals surface area contributed by atoms with E-state index in [4.69, 9.17) is 33.3 Å². The number of likely N-dealkylation sites (N-methyl/N-ethyl adjacent to an activating group) is 1. The minimum absolute atomic E-state index is 0.0652. The predicted molar refractivity (Wildman–Crippen MR) is 226 cm³/mol. The van der Waals surface area contributed by atoms with E-state index in [9.17, 15) is 24.9 Å². The molecule has 3 aliphatic heterocycles. The van der Waals surface area contributed by atoms with Gasteiger partial charge in [-0.05, 0) is 80.0 Å². The number of carbonyl (C=O) groups excluding carboxylic acids is 2. The van der Waals surface area contributed by atoms with Crippen molar-refractivity contribution in [2.45, 2.75) is 174 Å². The van der Waals surface area contributed by atoms with E-state index in [1.165, 1.54) is 13.4 Å². The molecular weight excluding hydrogens is 775 g/mol. The van der Waals surface area contributed by atoms with Gasteiger partial charge in [0.25, 0.3) is 5.91 Å². The summed E-state index contributed by atoms with van der Waals surface area (Å²) in [4.78, 5) is 36.1. The Kier molecular flexibility index (Phi) is 17.7. The van der Waals surface area contributed by atoms with Crippen LogP contribution in [0.4, 0.5) is 0 Å². The third-order valence-electron chi connectivity index (χ3n) is 13.0. The number of esters is 1. The molecule has 1 aromatic rings. The number of cyclic esters (lactones) is 1. The third kappa shape index (κ3) is 11.5. The molecule has 60 heavy (non-hydrogen) atoms. The van der Waals surface area contributed by atoms with Gasteiger partial charge in [0.1, 0.15) is 24.6 Å². The fraction of sp³-hybridized carbons (Fsp3) is 0.756. The Morgan fingerprint density at radius 1 is 1.03 bits per heavy atom. The molecule has 3 aliphatic rings. The number of hydrogen-bond donors (Lipinski definition) is 4. The highest BCUT2D eigenvalue weighted by Crippen LogP contribution is 2.40. The van der Waals surface area contributed by atoms with Gasteiger partial charge < -0.3 is 58.8 Å². The van der Waals surface area contributed by atoms with E-state index in [1.54, 1.807) is 63.9 Å². The fourth-order valence-electron chi connectivity index (χ4n) is 9.36. The van der Waals surface area contributed by atoms with Crippen LogP contribution in [0.25, 0.3) is 0 Å². The van der Waals surface area contributed by atoms with E-state index in [0.717, 1.165) is 0 Å². The number of rotatable bonds is 10. The Morgan fingerprint density at radius 2 is 1.70 bits per heavy atom. The van der Waals surface area contributed by atoms with Crippen molar-refractivity contribution in [1.82, 2.24) is 10.2 Å². The summed E-state index contributed by atoms with van der Waals surface area (Å²) in [5.74, 6) is -3.50. The van der Waals surface area contributed by atoms with Crippen molar-refractivity contribution in [1.29, 1.82) is 0 Å². The first-order valence-electron chi connectivity index (χ1n) is 21.6. The summed E-state index contributed by atoms with van der Waals surface area (Å²) < 4.78 is 38.2. The number of nitrogens with zero attached hydrogens (tertiary/aromatic N) is 2. The van der Waals surface area contributed by atoms with E-state index < -0.39 is 96.1 Å². The average molecular weight is 848 g/mol. The number of ether oxygens (including phenoxy) is 6. The van der Waals surface area contributed by atoms with Gasteiger partial charge in [0.05, 0.1) is 53.3 Å². The van der Waals surface area contributed by atoms with Crippen molar-refractivity contribution in [2.75, 3.05) is 20.7 Å². The monoisotopic (exact) mass is 848 g/mol. The Balaban J connectivity index is 1.90. The summed E-state index contributed by atoms with van der Waals surface area (Å²) in [5, 5.41) is 43.0. The number of methoxy groups -OCH3 is 1. The number of hydrogen-bond acceptors (Lipinski definition) is 14. The molecule has 0 aromatic heterocycles. The lowest BCUT2D eigenvalue weighted by Crippen LogP contribution is -2.60. The maximum Gasteiger partial charge on any atom is 0.311 e. The van der Waals surface area contributed by atoms with Crippen LogP contribution >= 0.6 is 0 Å². The van der Waals surface area contributed by atoms with Crippen LogP contribution in [0, 0.1) is 23.7 Å². The normalized spacial score (nSPS) is 42.1. The quantitative estimate of drug-likeness (QED) is 0.143. The maximum absolute atomic E-state index is 14.6. The minimum atomic E-state index is -1.70. The molecule has 3 saturated heterocycles. The van der Waals surface area contributed by atoms with E-state index in [2.05, 4.69) is 17.1 Å². The second kappa shape index (κ2) is 21.4. The zero-order chi connectivity index (χ0) is 44.7. The summed E-state index contributed by atoms with van der Waals surface area (Å²) in [6.07, 6.45) is -5.75. The van der Waals surface area contributed by atoms with Gasteiger partial charge in [0.2, 0.25) is 0 Å². The molecule has 1 amide bonds. The Morgan fingerprint density at radius 3 is 2.30 bits per heavy atom. The summed E-state index contributed by atoms with van der Waals surface area (Å²) in [6, 6.07) is 7.99. The number of aliphatic hydroxyl groups is 3. The smallest absolute Gasteiger partial charge is 0.311 e. The van der Waals surface area contributed by atoms with Crippen LogP contribution in [0.1, 0.15) is 105 Å². The first-order valence-corrected chi connectivity index (χ1v) is 21.6. The van der Waals surface area contributed by atoms with Crippen molar-refractivity contribution in [3.63, 3.8) is 0 Å². The molecule has 340 valence electrons. The second-order valence-corrected chi connectivity index (χ2v) is 17.8. The molecule has 3 fully saturated rings. The SMILES string of the molecule is C=CO/N=C1/C(C)CN(C(=O)c2ccccc2)C(C)C(CC)OC(=O)[C@H](C)C(O[C@H]2C[C@@](C)(OC)[C@@H](O)[C@H](C)O2)[C@H](C)[C@@H](O[C@@H]2O[C@H](C)C[C@H](NC)[C@H]2O)[C@@](C)(O)C[C@H]1C. The highest BCUT2D eigenvalue weighted by molar-refractivity contribution is 5.95. The minimum Gasteiger partial charge on any atom is -0.460 e. The summed E-state index contributed by atoms with van der Waals surface area (Å²) in [6.45, 7) is 22.0. The molecule has 15 heteroatoms. The Hall–Kier alpha value is -2.99. The largest absolute Gasteiger partial charge is 0.460 e. The second-order valence-electron chi connectivity index (χ2n) is 17.8. The Labute approximate surface area is 357 Å². The van der Waals surface area contributed by atoms with Gasteiger partial charge >= 0.3 is 5.97 Å². The van der Waals surface area contributed by atoms with Gasteiger partial charge in [-0.2, -0.15) is 0 Å². The molecule has 0 aliphatic carbocycles. The molecular formula is C45H73N3O12. The molecule has 0 spiro atoms. The highest BCUT2D eigenvalue weighted by Gasteiger charge is 2.52. The van der Waals surface area contributed by atoms with Crippen molar-refractivity contribution in [3.8, 4) is 0 Å². The molecule has 0 bridgehead atoms. The van der Waals surface area contributed by atoms with Crippen LogP contribution in [0.3, 0.4) is 0 Å². The summed E-state index contributed by atoms with van der Waals surface area (Å²) >= 11 is 0. The molecule has 4 rings (SSSR count). The summed E-state index contributed by atoms with van der Waals surface area (Å²) in [7, 11) is 3.27. The van der Waals surface area contributed by atoms with Gasteiger partial charge in [-0.15, -0.1) is 0 Å². The molecule has 4 N–H and O–H groups in total. The van der Waals surface area contributed by atoms with Gasteiger partial charge in [-0.1, -0.05) is 57.6 Å². The predicted octanol–water partition coefficient (Wildman–Crippen LogP) is 4.81. The maximum atomic E-state index is 14.6. The lowest BCUT2D eigenvalue weighted by atomic mass is 9.76. The number of oxime groups is 1.